The Morgan fingerprint density at radius 2 is 1.85 bits per heavy atom. The highest BCUT2D eigenvalue weighted by molar-refractivity contribution is 5.88. The lowest BCUT2D eigenvalue weighted by atomic mass is 9.83. The summed E-state index contributed by atoms with van der Waals surface area (Å²) in [5.74, 6) is 1.68. The Morgan fingerprint density at radius 3 is 2.30 bits per heavy atom. The lowest BCUT2D eigenvalue weighted by Crippen LogP contribution is -2.48. The van der Waals surface area contributed by atoms with Crippen LogP contribution in [0.15, 0.2) is 0 Å². The summed E-state index contributed by atoms with van der Waals surface area (Å²) in [6.07, 6.45) is 7.34. The molecule has 0 aromatic heterocycles. The Hall–Kier alpha value is -0.570. The number of nitrogens with one attached hydrogen (secondary N) is 1. The van der Waals surface area contributed by atoms with Crippen LogP contribution in [0.1, 0.15) is 73.1 Å². The predicted octanol–water partition coefficient (Wildman–Crippen LogP) is 3.54. The molecule has 0 aromatic carbocycles. The first kappa shape index (κ1) is 15.8. The average molecular weight is 280 g/mol. The fraction of sp³-hybridized carbons (Fsp3) is 0.941. The van der Waals surface area contributed by atoms with Gasteiger partial charge in [0.15, 0.2) is 0 Å². The van der Waals surface area contributed by atoms with E-state index in [0.717, 1.165) is 12.3 Å². The summed E-state index contributed by atoms with van der Waals surface area (Å²) in [4.78, 5) is 15.1. The minimum Gasteiger partial charge on any atom is -0.322 e. The van der Waals surface area contributed by atoms with Crippen LogP contribution in [0.2, 0.25) is 0 Å². The molecule has 3 heteroatoms. The van der Waals surface area contributed by atoms with Gasteiger partial charge in [-0.05, 0) is 50.9 Å². The molecule has 116 valence electrons. The number of nitrogens with zero attached hydrogens (tertiary/aromatic N) is 1. The SMILES string of the molecule is CCC1CCC(N2C(=O)C(C)(CC)NC2C(C)C)CC1. The molecular weight excluding hydrogens is 248 g/mol. The second kappa shape index (κ2) is 6.05. The molecular formula is C17H32N2O. The van der Waals surface area contributed by atoms with Crippen LogP contribution >= 0.6 is 0 Å². The quantitative estimate of drug-likeness (QED) is 0.854. The van der Waals surface area contributed by atoms with Crippen molar-refractivity contribution >= 4 is 5.91 Å². The average Bonchev–Trinajstić information content (AvgIpc) is 2.72. The number of carbonyl (C=O) groups is 1. The van der Waals surface area contributed by atoms with Crippen LogP contribution in [0.5, 0.6) is 0 Å². The Morgan fingerprint density at radius 1 is 1.25 bits per heavy atom. The van der Waals surface area contributed by atoms with Crippen molar-refractivity contribution in [1.29, 1.82) is 0 Å². The van der Waals surface area contributed by atoms with Crippen LogP contribution in [-0.2, 0) is 4.79 Å². The molecule has 2 unspecified atom stereocenters. The first-order valence-electron chi connectivity index (χ1n) is 8.53. The summed E-state index contributed by atoms with van der Waals surface area (Å²) in [6.45, 7) is 10.9. The van der Waals surface area contributed by atoms with E-state index in [-0.39, 0.29) is 11.7 Å². The molecule has 2 rings (SSSR count). The van der Waals surface area contributed by atoms with Crippen molar-refractivity contribution in [1.82, 2.24) is 10.2 Å². The van der Waals surface area contributed by atoms with Gasteiger partial charge in [0.1, 0.15) is 0 Å². The highest BCUT2D eigenvalue weighted by Gasteiger charge is 2.50. The van der Waals surface area contributed by atoms with Crippen LogP contribution in [0.25, 0.3) is 0 Å². The Labute approximate surface area is 124 Å². The molecule has 1 heterocycles. The molecule has 1 N–H and O–H groups in total. The molecule has 1 amide bonds. The van der Waals surface area contributed by atoms with Crippen LogP contribution in [-0.4, -0.2) is 28.6 Å². The zero-order valence-electron chi connectivity index (χ0n) is 13.9. The monoisotopic (exact) mass is 280 g/mol. The van der Waals surface area contributed by atoms with Gasteiger partial charge in [-0.1, -0.05) is 34.1 Å². The Balaban J connectivity index is 2.13. The highest BCUT2D eigenvalue weighted by atomic mass is 16.2. The van der Waals surface area contributed by atoms with E-state index in [1.54, 1.807) is 0 Å². The van der Waals surface area contributed by atoms with Crippen molar-refractivity contribution in [3.63, 3.8) is 0 Å². The van der Waals surface area contributed by atoms with Crippen LogP contribution in [0.4, 0.5) is 0 Å². The second-order valence-corrected chi connectivity index (χ2v) is 7.31. The van der Waals surface area contributed by atoms with Crippen LogP contribution < -0.4 is 5.32 Å². The third-order valence-corrected chi connectivity index (χ3v) is 5.60. The highest BCUT2D eigenvalue weighted by Crippen LogP contribution is 2.36. The Bertz CT molecular complexity index is 347. The molecule has 2 fully saturated rings. The van der Waals surface area contributed by atoms with Gasteiger partial charge in [-0.15, -0.1) is 0 Å². The van der Waals surface area contributed by atoms with Gasteiger partial charge in [0.05, 0.1) is 11.7 Å². The van der Waals surface area contributed by atoms with Gasteiger partial charge in [0, 0.05) is 6.04 Å². The van der Waals surface area contributed by atoms with Crippen molar-refractivity contribution in [2.45, 2.75) is 90.9 Å². The van der Waals surface area contributed by atoms with E-state index in [1.165, 1.54) is 32.1 Å². The molecule has 2 aliphatic rings. The van der Waals surface area contributed by atoms with Gasteiger partial charge in [0.25, 0.3) is 0 Å². The standard InChI is InChI=1S/C17H32N2O/c1-6-13-8-10-14(11-9-13)19-15(12(3)4)18-17(5,7-2)16(19)20/h12-15,18H,6-11H2,1-5H3. The third kappa shape index (κ3) is 2.74. The first-order valence-corrected chi connectivity index (χ1v) is 8.53. The number of rotatable bonds is 4. The smallest absolute Gasteiger partial charge is 0.244 e. The molecule has 0 spiro atoms. The molecule has 20 heavy (non-hydrogen) atoms. The summed E-state index contributed by atoms with van der Waals surface area (Å²) in [5.41, 5.74) is -0.351. The number of hydrogen-bond donors (Lipinski definition) is 1. The largest absolute Gasteiger partial charge is 0.322 e. The van der Waals surface area contributed by atoms with Gasteiger partial charge >= 0.3 is 0 Å². The summed E-state index contributed by atoms with van der Waals surface area (Å²) in [6, 6.07) is 0.457. The number of hydrogen-bond acceptors (Lipinski definition) is 2. The van der Waals surface area contributed by atoms with E-state index in [2.05, 4.69) is 44.8 Å². The second-order valence-electron chi connectivity index (χ2n) is 7.31. The molecule has 3 nitrogen and oxygen atoms in total. The van der Waals surface area contributed by atoms with E-state index in [4.69, 9.17) is 0 Å². The maximum absolute atomic E-state index is 12.9. The molecule has 1 saturated carbocycles. The van der Waals surface area contributed by atoms with Gasteiger partial charge in [-0.2, -0.15) is 0 Å². The van der Waals surface area contributed by atoms with Gasteiger partial charge in [-0.3, -0.25) is 10.1 Å². The zero-order valence-corrected chi connectivity index (χ0v) is 13.9. The molecule has 0 bridgehead atoms. The van der Waals surface area contributed by atoms with Crippen molar-refractivity contribution in [3.8, 4) is 0 Å². The maximum atomic E-state index is 12.9. The zero-order chi connectivity index (χ0) is 14.9. The van der Waals surface area contributed by atoms with E-state index >= 15 is 0 Å². The minimum atomic E-state index is -0.351. The van der Waals surface area contributed by atoms with E-state index in [9.17, 15) is 4.79 Å². The maximum Gasteiger partial charge on any atom is 0.244 e. The lowest BCUT2D eigenvalue weighted by Gasteiger charge is -2.38. The van der Waals surface area contributed by atoms with Crippen molar-refractivity contribution < 1.29 is 4.79 Å². The number of carbonyl (C=O) groups excluding carboxylic acids is 1. The van der Waals surface area contributed by atoms with Gasteiger partial charge < -0.3 is 4.90 Å². The van der Waals surface area contributed by atoms with Crippen LogP contribution in [0, 0.1) is 11.8 Å². The predicted molar refractivity (Wildman–Crippen MR) is 83.3 cm³/mol. The topological polar surface area (TPSA) is 32.3 Å². The molecule has 1 aliphatic heterocycles. The van der Waals surface area contributed by atoms with E-state index < -0.39 is 0 Å². The van der Waals surface area contributed by atoms with Gasteiger partial charge in [-0.25, -0.2) is 0 Å². The summed E-state index contributed by atoms with van der Waals surface area (Å²) in [7, 11) is 0. The van der Waals surface area contributed by atoms with Crippen molar-refractivity contribution in [2.75, 3.05) is 0 Å². The fourth-order valence-electron chi connectivity index (χ4n) is 3.83. The van der Waals surface area contributed by atoms with Crippen molar-refractivity contribution in [3.05, 3.63) is 0 Å². The first-order chi connectivity index (χ1) is 9.42. The molecule has 1 aliphatic carbocycles. The number of amides is 1. The summed E-state index contributed by atoms with van der Waals surface area (Å²) < 4.78 is 0. The van der Waals surface area contributed by atoms with E-state index in [0.29, 0.717) is 17.9 Å². The Kier molecular flexibility index (Phi) is 4.78. The van der Waals surface area contributed by atoms with Crippen molar-refractivity contribution in [2.24, 2.45) is 11.8 Å². The molecule has 0 aromatic rings. The third-order valence-electron chi connectivity index (χ3n) is 5.60. The van der Waals surface area contributed by atoms with E-state index in [1.807, 2.05) is 0 Å². The molecule has 2 atom stereocenters. The fourth-order valence-corrected chi connectivity index (χ4v) is 3.83. The summed E-state index contributed by atoms with van der Waals surface area (Å²) in [5, 5.41) is 3.62. The normalized spacial score (nSPS) is 38.8. The minimum absolute atomic E-state index is 0.218. The van der Waals surface area contributed by atoms with Crippen LogP contribution in [0.3, 0.4) is 0 Å². The van der Waals surface area contributed by atoms with Gasteiger partial charge in [0.2, 0.25) is 5.91 Å². The molecule has 0 radical (unpaired) electrons. The summed E-state index contributed by atoms with van der Waals surface area (Å²) >= 11 is 0. The molecule has 1 saturated heterocycles. The lowest BCUT2D eigenvalue weighted by molar-refractivity contribution is -0.136.